The predicted octanol–water partition coefficient (Wildman–Crippen LogP) is 0.809. The Bertz CT molecular complexity index is 251. The number of hydrogen-bond donors (Lipinski definition) is 1. The molecule has 2 nitrogen and oxygen atoms in total. The van der Waals surface area contributed by atoms with E-state index in [2.05, 4.69) is 34.3 Å². The van der Waals surface area contributed by atoms with Crippen LogP contribution in [-0.4, -0.2) is 38.9 Å². The molecule has 0 aromatic rings. The molecule has 0 N–H and O–H groups in total. The summed E-state index contributed by atoms with van der Waals surface area (Å²) in [6, 6.07) is 0.364. The molecule has 1 saturated carbocycles. The summed E-state index contributed by atoms with van der Waals surface area (Å²) in [5, 5.41) is 0. The molecule has 1 aliphatic carbocycles. The van der Waals surface area contributed by atoms with Crippen LogP contribution >= 0.6 is 12.6 Å². The summed E-state index contributed by atoms with van der Waals surface area (Å²) >= 11 is 4.47. The normalized spacial score (nSPS) is 53.7. The Morgan fingerprint density at radius 1 is 1.40 bits per heavy atom. The molecule has 3 unspecified atom stereocenters. The van der Waals surface area contributed by atoms with Gasteiger partial charge in [0.2, 0.25) is 0 Å². The van der Waals surface area contributed by atoms with Gasteiger partial charge in [-0.15, -0.1) is 0 Å². The van der Waals surface area contributed by atoms with Gasteiger partial charge in [-0.2, -0.15) is 12.6 Å². The van der Waals surface area contributed by atoms with E-state index in [-0.39, 0.29) is 5.60 Å². The zero-order valence-electron chi connectivity index (χ0n) is 10.1. The average Bonchev–Trinajstić information content (AvgIpc) is 2.87. The largest absolute Gasteiger partial charge is 0.382 e. The molecule has 2 fully saturated rings. The summed E-state index contributed by atoms with van der Waals surface area (Å²) in [7, 11) is 3.94. The molecule has 1 saturated heterocycles. The lowest BCUT2D eigenvalue weighted by atomic mass is 9.79. The molecule has 4 heteroatoms. The number of methoxy groups -OCH3 is 1. The monoisotopic (exact) mass is 228 g/mol. The van der Waals surface area contributed by atoms with Crippen LogP contribution in [0.25, 0.3) is 0 Å². The Kier molecular flexibility index (Phi) is 3.13. The summed E-state index contributed by atoms with van der Waals surface area (Å²) < 4.78 is 11.5. The molecule has 0 radical (unpaired) electrons. The standard InChI is InChI=1S/C11H21BO2S/c1-6-8-7(2)11(5-15,4-13-3)14-10(12)9(6)8/h6-10,15H,4-5,12H2,1-3H3/t6?,7-,8+,9+,10?,11?/m1/s1. The van der Waals surface area contributed by atoms with Gasteiger partial charge in [-0.3, -0.25) is 0 Å². The van der Waals surface area contributed by atoms with E-state index >= 15 is 0 Å². The fourth-order valence-electron chi connectivity index (χ4n) is 3.60. The van der Waals surface area contributed by atoms with E-state index in [1.54, 1.807) is 7.11 Å². The molecule has 0 bridgehead atoms. The van der Waals surface area contributed by atoms with Crippen molar-refractivity contribution in [2.24, 2.45) is 23.7 Å². The second-order valence-electron chi connectivity index (χ2n) is 5.28. The predicted molar refractivity (Wildman–Crippen MR) is 67.2 cm³/mol. The number of rotatable bonds is 3. The third-order valence-electron chi connectivity index (χ3n) is 4.54. The maximum atomic E-state index is 6.20. The van der Waals surface area contributed by atoms with Crippen LogP contribution in [0.15, 0.2) is 0 Å². The molecule has 1 heterocycles. The average molecular weight is 228 g/mol. The van der Waals surface area contributed by atoms with Gasteiger partial charge in [-0.1, -0.05) is 13.8 Å². The molecule has 2 aliphatic rings. The topological polar surface area (TPSA) is 18.5 Å². The second kappa shape index (κ2) is 3.97. The van der Waals surface area contributed by atoms with Crippen molar-refractivity contribution in [3.05, 3.63) is 0 Å². The van der Waals surface area contributed by atoms with Crippen molar-refractivity contribution in [2.45, 2.75) is 25.5 Å². The third-order valence-corrected chi connectivity index (χ3v) is 5.08. The van der Waals surface area contributed by atoms with Gasteiger partial charge in [0.15, 0.2) is 0 Å². The minimum Gasteiger partial charge on any atom is -0.382 e. The van der Waals surface area contributed by atoms with Gasteiger partial charge in [0.25, 0.3) is 0 Å². The first-order valence-corrected chi connectivity index (χ1v) is 6.48. The van der Waals surface area contributed by atoms with Crippen LogP contribution in [-0.2, 0) is 9.47 Å². The number of fused-ring (bicyclic) bond motifs is 1. The van der Waals surface area contributed by atoms with E-state index in [1.807, 2.05) is 0 Å². The Morgan fingerprint density at radius 3 is 2.60 bits per heavy atom. The lowest BCUT2D eigenvalue weighted by Gasteiger charge is -2.43. The second-order valence-corrected chi connectivity index (χ2v) is 5.60. The zero-order valence-corrected chi connectivity index (χ0v) is 11.0. The van der Waals surface area contributed by atoms with Crippen LogP contribution in [0.2, 0.25) is 0 Å². The van der Waals surface area contributed by atoms with Gasteiger partial charge >= 0.3 is 0 Å². The minimum absolute atomic E-state index is 0.163. The van der Waals surface area contributed by atoms with Crippen molar-refractivity contribution < 1.29 is 9.47 Å². The van der Waals surface area contributed by atoms with Crippen LogP contribution < -0.4 is 0 Å². The van der Waals surface area contributed by atoms with Gasteiger partial charge in [-0.25, -0.2) is 0 Å². The summed E-state index contributed by atoms with van der Waals surface area (Å²) in [5.74, 6) is 3.71. The highest BCUT2D eigenvalue weighted by Gasteiger charge is 2.62. The molecule has 86 valence electrons. The molecular formula is C11H21BO2S. The smallest absolute Gasteiger partial charge is 0.139 e. The maximum absolute atomic E-state index is 6.20. The minimum atomic E-state index is -0.163. The number of thiol groups is 1. The fourth-order valence-corrected chi connectivity index (χ4v) is 4.05. The highest BCUT2D eigenvalue weighted by Crippen LogP contribution is 2.60. The van der Waals surface area contributed by atoms with Gasteiger partial charge < -0.3 is 9.47 Å². The lowest BCUT2D eigenvalue weighted by Crippen LogP contribution is -2.53. The van der Waals surface area contributed by atoms with E-state index in [1.165, 1.54) is 0 Å². The van der Waals surface area contributed by atoms with Gasteiger partial charge in [0.05, 0.1) is 6.61 Å². The van der Waals surface area contributed by atoms with Crippen LogP contribution in [0, 0.1) is 23.7 Å². The fraction of sp³-hybridized carbons (Fsp3) is 1.00. The summed E-state index contributed by atoms with van der Waals surface area (Å²) in [5.41, 5.74) is -0.163. The van der Waals surface area contributed by atoms with Crippen molar-refractivity contribution in [1.29, 1.82) is 0 Å². The Hall–Kier alpha value is 0.335. The molecule has 6 atom stereocenters. The highest BCUT2D eigenvalue weighted by atomic mass is 32.1. The van der Waals surface area contributed by atoms with Gasteiger partial charge in [-0.05, 0) is 23.7 Å². The Morgan fingerprint density at radius 2 is 2.07 bits per heavy atom. The van der Waals surface area contributed by atoms with Crippen molar-refractivity contribution in [1.82, 2.24) is 0 Å². The summed E-state index contributed by atoms with van der Waals surface area (Å²) in [6.45, 7) is 5.30. The van der Waals surface area contributed by atoms with Crippen molar-refractivity contribution in [2.75, 3.05) is 19.5 Å². The van der Waals surface area contributed by atoms with Crippen LogP contribution in [0.1, 0.15) is 13.8 Å². The van der Waals surface area contributed by atoms with Gasteiger partial charge in [0, 0.05) is 18.9 Å². The zero-order chi connectivity index (χ0) is 11.2. The van der Waals surface area contributed by atoms with Crippen LogP contribution in [0.5, 0.6) is 0 Å². The summed E-state index contributed by atoms with van der Waals surface area (Å²) in [4.78, 5) is 0. The Labute approximate surface area is 98.9 Å². The molecule has 0 spiro atoms. The van der Waals surface area contributed by atoms with Crippen molar-refractivity contribution >= 4 is 20.5 Å². The van der Waals surface area contributed by atoms with E-state index in [0.29, 0.717) is 18.5 Å². The first kappa shape index (κ1) is 11.8. The molecule has 1 aliphatic heterocycles. The quantitative estimate of drug-likeness (QED) is 0.569. The first-order chi connectivity index (χ1) is 7.07. The maximum Gasteiger partial charge on any atom is 0.139 e. The first-order valence-electron chi connectivity index (χ1n) is 5.85. The van der Waals surface area contributed by atoms with Crippen LogP contribution in [0.3, 0.4) is 0 Å². The van der Waals surface area contributed by atoms with E-state index in [4.69, 9.17) is 9.47 Å². The summed E-state index contributed by atoms with van der Waals surface area (Å²) in [6.07, 6.45) is 0. The molecule has 0 aromatic carbocycles. The van der Waals surface area contributed by atoms with E-state index < -0.39 is 0 Å². The van der Waals surface area contributed by atoms with Gasteiger partial charge in [0.1, 0.15) is 13.4 Å². The molecule has 15 heavy (non-hydrogen) atoms. The van der Waals surface area contributed by atoms with Crippen molar-refractivity contribution in [3.8, 4) is 0 Å². The number of ether oxygens (including phenoxy) is 2. The SMILES string of the molecule is BC1OC(CS)(COC)[C@H](C)[C@@H]2C(C)[C@H]12. The van der Waals surface area contributed by atoms with Crippen molar-refractivity contribution in [3.63, 3.8) is 0 Å². The molecular weight excluding hydrogens is 207 g/mol. The van der Waals surface area contributed by atoms with Crippen LogP contribution in [0.4, 0.5) is 0 Å². The lowest BCUT2D eigenvalue weighted by molar-refractivity contribution is -0.149. The molecule has 0 aromatic heterocycles. The Balaban J connectivity index is 2.18. The third kappa shape index (κ3) is 1.65. The molecule has 2 rings (SSSR count). The number of hydrogen-bond acceptors (Lipinski definition) is 3. The highest BCUT2D eigenvalue weighted by molar-refractivity contribution is 7.80. The van der Waals surface area contributed by atoms with E-state index in [9.17, 15) is 0 Å². The molecule has 0 amide bonds. The van der Waals surface area contributed by atoms with E-state index in [0.717, 1.165) is 23.5 Å².